The number of benzene rings is 3. The van der Waals surface area contributed by atoms with Gasteiger partial charge in [0.05, 0.1) is 59.7 Å². The zero-order valence-corrected chi connectivity index (χ0v) is 72.8. The summed E-state index contributed by atoms with van der Waals surface area (Å²) in [6.07, 6.45) is 11.3. The number of carbonyl (C=O) groups is 12. The van der Waals surface area contributed by atoms with Crippen LogP contribution in [0, 0.1) is 16.2 Å². The van der Waals surface area contributed by atoms with E-state index < -0.39 is 136 Å². The van der Waals surface area contributed by atoms with E-state index in [0.29, 0.717) is 17.1 Å². The molecule has 15 N–H and O–H groups in total. The van der Waals surface area contributed by atoms with Gasteiger partial charge in [-0.2, -0.15) is 0 Å². The van der Waals surface area contributed by atoms with Gasteiger partial charge in [-0.15, -0.1) is 15.7 Å². The number of rotatable bonds is 32. The Morgan fingerprint density at radius 2 is 0.836 bits per heavy atom. The summed E-state index contributed by atoms with van der Waals surface area (Å²) in [5.41, 5.74) is 15.9. The fraction of sp³-hybridized carbons (Fsp3) is 0.581. The molecular formula is C86H124N24O12. The number of likely N-dealkylation sites (tertiary alicyclic amines) is 3. The van der Waals surface area contributed by atoms with Crippen LogP contribution in [0.4, 0.5) is 0 Å². The Bertz CT molecular complexity index is 4710. The van der Waals surface area contributed by atoms with Gasteiger partial charge in [-0.1, -0.05) is 121 Å². The Balaban J connectivity index is 0.784. The lowest BCUT2D eigenvalue weighted by Crippen LogP contribution is -2.59. The molecule has 2 aromatic heterocycles. The van der Waals surface area contributed by atoms with Gasteiger partial charge in [0, 0.05) is 119 Å². The molecule has 3 fully saturated rings. The second kappa shape index (κ2) is 39.3. The summed E-state index contributed by atoms with van der Waals surface area (Å²) in [4.78, 5) is 174. The fourth-order valence-corrected chi connectivity index (χ4v) is 16.7. The zero-order valence-electron chi connectivity index (χ0n) is 72.8. The van der Waals surface area contributed by atoms with E-state index in [-0.39, 0.29) is 130 Å². The molecule has 5 aromatic rings. The van der Waals surface area contributed by atoms with E-state index in [9.17, 15) is 57.5 Å². The lowest BCUT2D eigenvalue weighted by molar-refractivity contribution is -0.144. The van der Waals surface area contributed by atoms with Crippen molar-refractivity contribution in [2.45, 2.75) is 245 Å². The van der Waals surface area contributed by atoms with Gasteiger partial charge in [0.15, 0.2) is 0 Å². The summed E-state index contributed by atoms with van der Waals surface area (Å²) in [5.74, 6) is -5.67. The van der Waals surface area contributed by atoms with Crippen molar-refractivity contribution in [3.63, 3.8) is 0 Å². The van der Waals surface area contributed by atoms with Crippen LogP contribution in [-0.4, -0.2) is 241 Å². The van der Waals surface area contributed by atoms with E-state index in [4.69, 9.17) is 5.73 Å². The van der Waals surface area contributed by atoms with Crippen LogP contribution < -0.4 is 75.2 Å². The first-order valence-corrected chi connectivity index (χ1v) is 42.6. The Morgan fingerprint density at radius 3 is 1.21 bits per heavy atom. The number of nitrogens with two attached hydrogens (primary N) is 1. The molecule has 36 nitrogen and oxygen atoms in total. The molecule has 0 bridgehead atoms. The minimum absolute atomic E-state index is 0.00943. The standard InChI is InChI=1S/C86H124N24O12/c1-48(88-13)73(112)96-69(84(4,5)6)81(120)105-45-59(39-66(105)72(87)111)108-42-56(99-102-108)30-33-91-76(115)53-36-54(77(116)92-34-31-57-43-109(103-100-57)60-40-67(79(118)94-64-28-20-24-51-22-16-18-26-62(51)64)106(46-60)82(121)70(85(7,8)9)97-74(113)49(2)89-14)38-55(37-53)78(117)93-35-32-58-44-110(104-101-58)61-41-68(80(119)95-65-29-21-25-52-23-17-19-27-63(52)65)107(47-61)83(122)71(86(10,11)12)98-75(114)50(3)90-15/h16-19,22-23,26-27,36-38,42-44,48-50,59-61,64-71,88-90,100,103H,20-21,24-25,28-35,39-41,45-47H2,1-15H3,(H2,87,111)(H,91,115)(H,92,116)(H,93,117)(H,94,118)(H,95,119)(H,96,112)(H,97,113)(H,98,114)/t48-,49-,50-,59-,60-,61-,64+,65+,66-,67-,68-,69+,70+,71+/m0/s1. The molecule has 6 heterocycles. The topological polar surface area (TPSA) is 462 Å². The Hall–Kier alpha value is -11.2. The summed E-state index contributed by atoms with van der Waals surface area (Å²) in [6.45, 7) is 22.0. The molecule has 0 saturated carbocycles. The van der Waals surface area contributed by atoms with Crippen molar-refractivity contribution in [3.05, 3.63) is 141 Å². The predicted octanol–water partition coefficient (Wildman–Crippen LogP) is 1.64. The fourth-order valence-electron chi connectivity index (χ4n) is 16.7. The third-order valence-electron chi connectivity index (χ3n) is 24.3. The molecule has 3 saturated heterocycles. The summed E-state index contributed by atoms with van der Waals surface area (Å²) in [7, 11) is 4.94. The molecule has 0 unspecified atom stereocenters. The molecule has 12 amide bonds. The molecule has 122 heavy (non-hydrogen) atoms. The van der Waals surface area contributed by atoms with Gasteiger partial charge in [-0.05, 0) is 137 Å². The molecule has 3 aromatic carbocycles. The minimum Gasteiger partial charge on any atom is -0.368 e. The van der Waals surface area contributed by atoms with E-state index in [1.807, 2.05) is 105 Å². The zero-order chi connectivity index (χ0) is 88.4. The van der Waals surface area contributed by atoms with Crippen LogP contribution >= 0.6 is 0 Å². The van der Waals surface area contributed by atoms with Crippen LogP contribution in [0.25, 0.3) is 0 Å². The first kappa shape index (κ1) is 91.5. The van der Waals surface area contributed by atoms with Gasteiger partial charge in [0.25, 0.3) is 17.7 Å². The van der Waals surface area contributed by atoms with Gasteiger partial charge in [-0.25, -0.2) is 9.36 Å². The number of aryl methyl sites for hydroxylation is 2. The van der Waals surface area contributed by atoms with Crippen molar-refractivity contribution in [2.75, 3.05) is 60.4 Å². The van der Waals surface area contributed by atoms with E-state index in [1.165, 1.54) is 28.0 Å². The summed E-state index contributed by atoms with van der Waals surface area (Å²) in [5, 5.41) is 52.2. The van der Waals surface area contributed by atoms with Crippen LogP contribution in [0.1, 0.15) is 223 Å². The highest BCUT2D eigenvalue weighted by Gasteiger charge is 2.51. The van der Waals surface area contributed by atoms with Gasteiger partial charge in [-0.3, -0.25) is 62.5 Å². The molecule has 0 radical (unpaired) electrons. The second-order valence-corrected chi connectivity index (χ2v) is 36.3. The Labute approximate surface area is 712 Å². The number of likely N-dealkylation sites (N-methyl/N-ethyl adjacent to an activating group) is 3. The average molecular weight is 1690 g/mol. The van der Waals surface area contributed by atoms with E-state index in [1.54, 1.807) is 73.6 Å². The van der Waals surface area contributed by atoms with Crippen LogP contribution in [0.2, 0.25) is 0 Å². The third kappa shape index (κ3) is 22.0. The highest BCUT2D eigenvalue weighted by Crippen LogP contribution is 2.38. The van der Waals surface area contributed by atoms with Gasteiger partial charge in [0.1, 0.15) is 36.3 Å². The maximum absolute atomic E-state index is 15.0. The number of aromatic nitrogens is 6. The van der Waals surface area contributed by atoms with E-state index in [2.05, 4.69) is 102 Å². The molecule has 6 aliphatic rings. The summed E-state index contributed by atoms with van der Waals surface area (Å²) < 4.78 is 3.16. The maximum Gasteiger partial charge on any atom is 0.251 e. The SMILES string of the molecule is CN[C@@H](C)C(=O)N[C@H](C(=O)N1C[C@@H](n2cc(CCNC(=O)c3cc(C(=O)NCCC4=CN([C@H]5C[C@@H](C(=O)N[C@@H]6CCCc7ccccc76)N(C(=O)[C@@H](NC(=O)[C@H](C)NC)C(C)(C)C)C5)NN4)cc(C(=O)NCCc4cn([C@H]5C[C@@H](C(=O)N[C@@H]6CCCc7ccccc76)N(C(=O)[C@@H](NC(=O)[C@H](C)NC)C(C)(C)C)C5)nn4)c3)nn2)C[C@H]1C(N)=O)C(C)(C)C. The quantitative estimate of drug-likeness (QED) is 0.0291. The van der Waals surface area contributed by atoms with Gasteiger partial charge in [0.2, 0.25) is 53.2 Å². The summed E-state index contributed by atoms with van der Waals surface area (Å²) in [6, 6.07) is 10.5. The normalized spacial score (nSPS) is 21.7. The van der Waals surface area contributed by atoms with Crippen molar-refractivity contribution in [3.8, 4) is 0 Å². The lowest BCUT2D eigenvalue weighted by atomic mass is 9.85. The first-order valence-electron chi connectivity index (χ1n) is 42.6. The van der Waals surface area contributed by atoms with Crippen LogP contribution in [0.5, 0.6) is 0 Å². The van der Waals surface area contributed by atoms with Gasteiger partial charge < -0.3 is 84.3 Å². The van der Waals surface area contributed by atoms with Crippen molar-refractivity contribution in [2.24, 2.45) is 22.0 Å². The second-order valence-electron chi connectivity index (χ2n) is 36.3. The average Bonchev–Trinajstić information content (AvgIpc) is 1.63. The number of fused-ring (bicyclic) bond motifs is 2. The monoisotopic (exact) mass is 1680 g/mol. The number of nitrogens with zero attached hydrogens (tertiary/aromatic N) is 10. The highest BCUT2D eigenvalue weighted by atomic mass is 16.2. The maximum atomic E-state index is 15.0. The molecule has 11 rings (SSSR count). The van der Waals surface area contributed by atoms with Crippen LogP contribution in [0.3, 0.4) is 0 Å². The molecule has 4 aliphatic heterocycles. The van der Waals surface area contributed by atoms with Crippen molar-refractivity contribution in [1.29, 1.82) is 0 Å². The number of primary amides is 1. The number of amides is 12. The highest BCUT2D eigenvalue weighted by molar-refractivity contribution is 6.05. The van der Waals surface area contributed by atoms with Crippen molar-refractivity contribution in [1.82, 2.24) is 119 Å². The molecule has 2 aliphatic carbocycles. The van der Waals surface area contributed by atoms with Gasteiger partial charge >= 0.3 is 0 Å². The van der Waals surface area contributed by atoms with Crippen LogP contribution in [-0.2, 0) is 68.8 Å². The Morgan fingerprint density at radius 1 is 0.484 bits per heavy atom. The third-order valence-corrected chi connectivity index (χ3v) is 24.3. The van der Waals surface area contributed by atoms with E-state index in [0.717, 1.165) is 60.8 Å². The number of hydrogen-bond donors (Lipinski definition) is 14. The first-order chi connectivity index (χ1) is 57.8. The van der Waals surface area contributed by atoms with Crippen molar-refractivity contribution >= 4 is 70.9 Å². The Kier molecular flexibility index (Phi) is 29.5. The largest absolute Gasteiger partial charge is 0.368 e. The molecule has 36 heteroatoms. The number of nitrogens with one attached hydrogen (secondary N) is 13. The predicted molar refractivity (Wildman–Crippen MR) is 453 cm³/mol. The molecule has 660 valence electrons. The minimum atomic E-state index is -1.01. The van der Waals surface area contributed by atoms with E-state index >= 15 is 0 Å². The van der Waals surface area contributed by atoms with Crippen LogP contribution in [0.15, 0.2) is 91.0 Å². The summed E-state index contributed by atoms with van der Waals surface area (Å²) >= 11 is 0. The lowest BCUT2D eigenvalue weighted by Gasteiger charge is -2.36. The molecular weight excluding hydrogens is 1560 g/mol. The smallest absolute Gasteiger partial charge is 0.251 e. The molecule has 0 spiro atoms. The molecule has 14 atom stereocenters. The van der Waals surface area contributed by atoms with Crippen molar-refractivity contribution < 1.29 is 57.5 Å². The number of hydrazine groups is 2. The number of carbonyl (C=O) groups excluding carboxylic acids is 12. The number of hydrogen-bond acceptors (Lipinski definition) is 22.